The van der Waals surface area contributed by atoms with E-state index in [1.165, 1.54) is 0 Å². The van der Waals surface area contributed by atoms with Crippen molar-refractivity contribution in [1.29, 1.82) is 0 Å². The summed E-state index contributed by atoms with van der Waals surface area (Å²) in [6.45, 7) is 0.341. The number of aromatic nitrogens is 2. The number of urea groups is 1. The summed E-state index contributed by atoms with van der Waals surface area (Å²) in [5.74, 6) is -0.283. The maximum atomic E-state index is 12.3. The van der Waals surface area contributed by atoms with Crippen LogP contribution in [0.2, 0.25) is 5.02 Å². The second kappa shape index (κ2) is 8.17. The lowest BCUT2D eigenvalue weighted by molar-refractivity contribution is 0.102. The Kier molecular flexibility index (Phi) is 5.50. The van der Waals surface area contributed by atoms with Gasteiger partial charge in [-0.05, 0) is 30.3 Å². The first kappa shape index (κ1) is 17.5. The van der Waals surface area contributed by atoms with Crippen LogP contribution in [0.25, 0.3) is 0 Å². The Hall–Kier alpha value is -3.32. The quantitative estimate of drug-likeness (QED) is 0.552. The van der Waals surface area contributed by atoms with E-state index >= 15 is 0 Å². The van der Waals surface area contributed by atoms with Crippen LogP contribution in [0.3, 0.4) is 0 Å². The second-order valence-electron chi connectivity index (χ2n) is 5.43. The van der Waals surface area contributed by atoms with Crippen molar-refractivity contribution in [3.63, 3.8) is 0 Å². The van der Waals surface area contributed by atoms with Gasteiger partial charge in [-0.25, -0.2) is 4.79 Å². The van der Waals surface area contributed by atoms with Crippen LogP contribution in [-0.2, 0) is 6.54 Å². The number of amides is 3. The Labute approximate surface area is 154 Å². The molecule has 3 aromatic rings. The Balaban J connectivity index is 1.63. The van der Waals surface area contributed by atoms with Crippen molar-refractivity contribution in [2.75, 3.05) is 10.6 Å². The Morgan fingerprint density at radius 3 is 2.62 bits per heavy atom. The highest BCUT2D eigenvalue weighted by Crippen LogP contribution is 2.26. The number of nitrogens with one attached hydrogen (secondary N) is 4. The third kappa shape index (κ3) is 4.61. The van der Waals surface area contributed by atoms with E-state index < -0.39 is 0 Å². The molecule has 1 aromatic heterocycles. The normalized spacial score (nSPS) is 10.2. The van der Waals surface area contributed by atoms with Crippen LogP contribution in [0.15, 0.2) is 60.9 Å². The molecule has 0 bridgehead atoms. The van der Waals surface area contributed by atoms with Crippen molar-refractivity contribution < 1.29 is 9.59 Å². The number of hydrogen-bond acceptors (Lipinski definition) is 3. The molecule has 0 atom stereocenters. The zero-order chi connectivity index (χ0) is 18.4. The van der Waals surface area contributed by atoms with Crippen molar-refractivity contribution in [2.24, 2.45) is 0 Å². The first-order valence-electron chi connectivity index (χ1n) is 7.80. The summed E-state index contributed by atoms with van der Waals surface area (Å²) in [5, 5.41) is 15.0. The van der Waals surface area contributed by atoms with Crippen LogP contribution < -0.4 is 16.0 Å². The van der Waals surface area contributed by atoms with E-state index in [0.717, 1.165) is 5.56 Å². The molecule has 2 aromatic carbocycles. The maximum Gasteiger partial charge on any atom is 0.319 e. The molecule has 132 valence electrons. The van der Waals surface area contributed by atoms with Gasteiger partial charge in [-0.15, -0.1) is 0 Å². The number of hydrogen-bond donors (Lipinski definition) is 4. The van der Waals surface area contributed by atoms with Gasteiger partial charge in [0.25, 0.3) is 5.91 Å². The number of halogens is 1. The van der Waals surface area contributed by atoms with E-state index in [4.69, 9.17) is 11.6 Å². The van der Waals surface area contributed by atoms with E-state index in [-0.39, 0.29) is 11.9 Å². The topological polar surface area (TPSA) is 98.9 Å². The summed E-state index contributed by atoms with van der Waals surface area (Å²) < 4.78 is 0. The summed E-state index contributed by atoms with van der Waals surface area (Å²) in [4.78, 5) is 24.2. The number of H-pyrrole nitrogens is 1. The Morgan fingerprint density at radius 2 is 1.88 bits per heavy atom. The average molecular weight is 370 g/mol. The van der Waals surface area contributed by atoms with Gasteiger partial charge in [0.15, 0.2) is 0 Å². The molecule has 3 amide bonds. The van der Waals surface area contributed by atoms with E-state index in [2.05, 4.69) is 26.1 Å². The minimum atomic E-state index is -0.381. The molecule has 0 spiro atoms. The van der Waals surface area contributed by atoms with Gasteiger partial charge in [-0.1, -0.05) is 29.8 Å². The molecule has 1 heterocycles. The van der Waals surface area contributed by atoms with Crippen LogP contribution in [0, 0.1) is 0 Å². The number of nitrogens with zero attached hydrogens (tertiary/aromatic N) is 1. The van der Waals surface area contributed by atoms with Crippen LogP contribution in [0.4, 0.5) is 16.2 Å². The van der Waals surface area contributed by atoms with Gasteiger partial charge in [0.1, 0.15) is 0 Å². The molecule has 7 nitrogen and oxygen atoms in total. The van der Waals surface area contributed by atoms with Gasteiger partial charge >= 0.3 is 6.03 Å². The number of benzene rings is 2. The summed E-state index contributed by atoms with van der Waals surface area (Å²) in [6, 6.07) is 13.3. The zero-order valence-corrected chi connectivity index (χ0v) is 14.4. The molecule has 0 saturated heterocycles. The van der Waals surface area contributed by atoms with Gasteiger partial charge in [0.05, 0.1) is 16.9 Å². The third-order valence-corrected chi connectivity index (χ3v) is 3.85. The lowest BCUT2D eigenvalue weighted by Crippen LogP contribution is -2.28. The third-order valence-electron chi connectivity index (χ3n) is 3.52. The predicted molar refractivity (Wildman–Crippen MR) is 100 cm³/mol. The van der Waals surface area contributed by atoms with Crippen molar-refractivity contribution in [3.8, 4) is 0 Å². The molecule has 0 unspecified atom stereocenters. The Bertz CT molecular complexity index is 897. The number of carbonyl (C=O) groups excluding carboxylic acids is 2. The zero-order valence-electron chi connectivity index (χ0n) is 13.6. The molecule has 0 aliphatic carbocycles. The molecular weight excluding hydrogens is 354 g/mol. The number of aromatic amines is 1. The van der Waals surface area contributed by atoms with Gasteiger partial charge < -0.3 is 16.0 Å². The van der Waals surface area contributed by atoms with Gasteiger partial charge in [0.2, 0.25) is 0 Å². The highest BCUT2D eigenvalue weighted by Gasteiger charge is 2.10. The van der Waals surface area contributed by atoms with Gasteiger partial charge in [-0.3, -0.25) is 9.89 Å². The summed E-state index contributed by atoms with van der Waals surface area (Å²) in [6.07, 6.45) is 3.32. The monoisotopic (exact) mass is 369 g/mol. The highest BCUT2D eigenvalue weighted by atomic mass is 35.5. The largest absolute Gasteiger partial charge is 0.334 e. The molecule has 0 aliphatic rings. The molecule has 0 radical (unpaired) electrons. The average Bonchev–Trinajstić information content (AvgIpc) is 3.17. The number of anilines is 2. The fourth-order valence-electron chi connectivity index (χ4n) is 2.21. The summed E-state index contributed by atoms with van der Waals surface area (Å²) in [5.41, 5.74) is 2.28. The van der Waals surface area contributed by atoms with Crippen LogP contribution in [-0.4, -0.2) is 22.1 Å². The van der Waals surface area contributed by atoms with E-state index in [9.17, 15) is 9.59 Å². The standard InChI is InChI=1S/C18H16ClN5O2/c19-15-7-6-14(23-18(26)20-9-12-10-21-22-11-12)8-16(15)24-17(25)13-4-2-1-3-5-13/h1-8,10-11H,9H2,(H,21,22)(H,24,25)(H2,20,23,26). The smallest absolute Gasteiger partial charge is 0.319 e. The molecule has 0 fully saturated rings. The van der Waals surface area contributed by atoms with E-state index in [1.807, 2.05) is 6.07 Å². The second-order valence-corrected chi connectivity index (χ2v) is 5.84. The number of carbonyl (C=O) groups is 2. The van der Waals surface area contributed by atoms with Crippen molar-refractivity contribution >= 4 is 34.9 Å². The van der Waals surface area contributed by atoms with Crippen LogP contribution in [0.1, 0.15) is 15.9 Å². The molecule has 0 aliphatic heterocycles. The minimum absolute atomic E-state index is 0.283. The minimum Gasteiger partial charge on any atom is -0.334 e. The molecule has 4 N–H and O–H groups in total. The van der Waals surface area contributed by atoms with Crippen LogP contribution >= 0.6 is 11.6 Å². The predicted octanol–water partition coefficient (Wildman–Crippen LogP) is 3.64. The van der Waals surface area contributed by atoms with Crippen molar-refractivity contribution in [1.82, 2.24) is 15.5 Å². The molecule has 26 heavy (non-hydrogen) atoms. The van der Waals surface area contributed by atoms with E-state index in [1.54, 1.807) is 54.9 Å². The van der Waals surface area contributed by atoms with E-state index in [0.29, 0.717) is 28.5 Å². The summed E-state index contributed by atoms with van der Waals surface area (Å²) in [7, 11) is 0. The lowest BCUT2D eigenvalue weighted by Gasteiger charge is -2.11. The van der Waals surface area contributed by atoms with Crippen molar-refractivity contribution in [3.05, 3.63) is 77.1 Å². The lowest BCUT2D eigenvalue weighted by atomic mass is 10.2. The summed E-state index contributed by atoms with van der Waals surface area (Å²) >= 11 is 6.14. The first-order valence-corrected chi connectivity index (χ1v) is 8.18. The van der Waals surface area contributed by atoms with Crippen LogP contribution in [0.5, 0.6) is 0 Å². The fraction of sp³-hybridized carbons (Fsp3) is 0.0556. The molecule has 0 saturated carbocycles. The fourth-order valence-corrected chi connectivity index (χ4v) is 2.38. The molecule has 8 heteroatoms. The molecule has 3 rings (SSSR count). The van der Waals surface area contributed by atoms with Crippen molar-refractivity contribution in [2.45, 2.75) is 6.54 Å². The van der Waals surface area contributed by atoms with Gasteiger partial charge in [0, 0.05) is 29.6 Å². The highest BCUT2D eigenvalue weighted by molar-refractivity contribution is 6.34. The maximum absolute atomic E-state index is 12.3. The SMILES string of the molecule is O=C(NCc1cn[nH]c1)Nc1ccc(Cl)c(NC(=O)c2ccccc2)c1. The van der Waals surface area contributed by atoms with Gasteiger partial charge in [-0.2, -0.15) is 5.10 Å². The molecular formula is C18H16ClN5O2. The number of rotatable bonds is 5. The Morgan fingerprint density at radius 1 is 1.08 bits per heavy atom. The first-order chi connectivity index (χ1) is 12.6.